The van der Waals surface area contributed by atoms with Gasteiger partial charge in [0.1, 0.15) is 9.23 Å². The van der Waals surface area contributed by atoms with Crippen LogP contribution in [0.4, 0.5) is 0 Å². The molecule has 0 radical (unpaired) electrons. The van der Waals surface area contributed by atoms with E-state index in [0.717, 1.165) is 42.4 Å². The van der Waals surface area contributed by atoms with Crippen LogP contribution in [0.2, 0.25) is 8.67 Å². The number of hydrogen-bond donors (Lipinski definition) is 0. The van der Waals surface area contributed by atoms with Crippen molar-refractivity contribution in [1.82, 2.24) is 4.31 Å². The predicted octanol–water partition coefficient (Wildman–Crippen LogP) is 4.38. The summed E-state index contributed by atoms with van der Waals surface area (Å²) in [4.78, 5) is 0.144. The van der Waals surface area contributed by atoms with E-state index in [1.807, 2.05) is 0 Å². The van der Waals surface area contributed by atoms with Gasteiger partial charge in [-0.1, -0.05) is 45.6 Å². The molecule has 1 aromatic rings. The van der Waals surface area contributed by atoms with Crippen molar-refractivity contribution in [1.29, 1.82) is 0 Å². The molecule has 2 rings (SSSR count). The Morgan fingerprint density at radius 2 is 2.16 bits per heavy atom. The van der Waals surface area contributed by atoms with Crippen molar-refractivity contribution < 1.29 is 8.42 Å². The average molecular weight is 407 g/mol. The number of halogens is 3. The van der Waals surface area contributed by atoms with Crippen molar-refractivity contribution in [3.8, 4) is 0 Å². The highest BCUT2D eigenvalue weighted by molar-refractivity contribution is 9.09. The zero-order valence-corrected chi connectivity index (χ0v) is 14.8. The molecule has 8 heteroatoms. The summed E-state index contributed by atoms with van der Waals surface area (Å²) in [6, 6.07) is 1.50. The number of rotatable bonds is 4. The van der Waals surface area contributed by atoms with Gasteiger partial charge in [0.2, 0.25) is 10.0 Å². The maximum atomic E-state index is 12.7. The van der Waals surface area contributed by atoms with Gasteiger partial charge in [0, 0.05) is 17.9 Å². The molecule has 3 nitrogen and oxygen atoms in total. The first-order chi connectivity index (χ1) is 8.96. The van der Waals surface area contributed by atoms with Gasteiger partial charge in [-0.25, -0.2) is 8.42 Å². The Hall–Kier alpha value is 0.670. The third kappa shape index (κ3) is 3.47. The predicted molar refractivity (Wildman–Crippen MR) is 84.3 cm³/mol. The molecule has 1 aliphatic heterocycles. The molecule has 19 heavy (non-hydrogen) atoms. The minimum atomic E-state index is -3.54. The van der Waals surface area contributed by atoms with E-state index in [4.69, 9.17) is 23.2 Å². The van der Waals surface area contributed by atoms with E-state index < -0.39 is 10.0 Å². The van der Waals surface area contributed by atoms with Crippen molar-refractivity contribution in [2.75, 3.05) is 11.9 Å². The smallest absolute Gasteiger partial charge is 0.207 e. The summed E-state index contributed by atoms with van der Waals surface area (Å²) in [5.41, 5.74) is 0. The highest BCUT2D eigenvalue weighted by atomic mass is 79.9. The van der Waals surface area contributed by atoms with Gasteiger partial charge in [-0.2, -0.15) is 4.31 Å². The van der Waals surface area contributed by atoms with Crippen LogP contribution in [-0.4, -0.2) is 30.6 Å². The molecule has 0 N–H and O–H groups in total. The highest BCUT2D eigenvalue weighted by Gasteiger charge is 2.35. The van der Waals surface area contributed by atoms with Crippen molar-refractivity contribution in [2.24, 2.45) is 0 Å². The highest BCUT2D eigenvalue weighted by Crippen LogP contribution is 2.37. The third-order valence-corrected chi connectivity index (χ3v) is 7.39. The van der Waals surface area contributed by atoms with Crippen LogP contribution in [0.15, 0.2) is 11.0 Å². The molecule has 0 amide bonds. The van der Waals surface area contributed by atoms with Crippen LogP contribution >= 0.6 is 50.5 Å². The quantitative estimate of drug-likeness (QED) is 0.695. The lowest BCUT2D eigenvalue weighted by Crippen LogP contribution is -2.43. The molecule has 1 unspecified atom stereocenters. The Morgan fingerprint density at radius 1 is 1.42 bits per heavy atom. The van der Waals surface area contributed by atoms with Crippen molar-refractivity contribution in [3.63, 3.8) is 0 Å². The van der Waals surface area contributed by atoms with Gasteiger partial charge in [0.25, 0.3) is 0 Å². The van der Waals surface area contributed by atoms with E-state index in [1.54, 1.807) is 4.31 Å². The Kier molecular flexibility index (Phi) is 5.59. The Morgan fingerprint density at radius 3 is 2.74 bits per heavy atom. The number of thiophene rings is 1. The molecular weight excluding hydrogens is 393 g/mol. The van der Waals surface area contributed by atoms with Gasteiger partial charge < -0.3 is 0 Å². The molecule has 2 heterocycles. The summed E-state index contributed by atoms with van der Waals surface area (Å²) in [6.45, 7) is 0.559. The number of sulfonamides is 1. The standard InChI is InChI=1S/C11H14BrCl2NO2S2/c12-5-4-8-3-1-2-6-15(8)19(16,17)9-7-10(13)18-11(9)14/h7-8H,1-6H2. The minimum Gasteiger partial charge on any atom is -0.207 e. The first-order valence-electron chi connectivity index (χ1n) is 5.99. The van der Waals surface area contributed by atoms with E-state index in [-0.39, 0.29) is 15.3 Å². The second kappa shape index (κ2) is 6.62. The molecule has 0 spiro atoms. The summed E-state index contributed by atoms with van der Waals surface area (Å²) >= 11 is 16.3. The van der Waals surface area contributed by atoms with Gasteiger partial charge in [-0.05, 0) is 25.3 Å². The lowest BCUT2D eigenvalue weighted by atomic mass is 10.0. The Balaban J connectivity index is 2.34. The summed E-state index contributed by atoms with van der Waals surface area (Å²) in [5.74, 6) is 0. The van der Waals surface area contributed by atoms with Crippen molar-refractivity contribution in [3.05, 3.63) is 14.7 Å². The van der Waals surface area contributed by atoms with E-state index in [0.29, 0.717) is 10.9 Å². The first kappa shape index (κ1) is 16.0. The molecule has 0 aliphatic carbocycles. The second-order valence-corrected chi connectivity index (χ2v) is 9.37. The molecule has 0 bridgehead atoms. The summed E-state index contributed by atoms with van der Waals surface area (Å²) < 4.78 is 27.6. The number of nitrogens with zero attached hydrogens (tertiary/aromatic N) is 1. The van der Waals surface area contributed by atoms with Crippen LogP contribution in [0.3, 0.4) is 0 Å². The zero-order chi connectivity index (χ0) is 14.0. The zero-order valence-electron chi connectivity index (χ0n) is 10.1. The molecule has 1 atom stereocenters. The Labute approximate surface area is 136 Å². The van der Waals surface area contributed by atoms with Crippen LogP contribution in [0.25, 0.3) is 0 Å². The molecule has 1 aromatic heterocycles. The van der Waals surface area contributed by atoms with Crippen LogP contribution in [0, 0.1) is 0 Å². The molecule has 1 fully saturated rings. The molecule has 1 saturated heterocycles. The fourth-order valence-corrected chi connectivity index (χ4v) is 6.70. The number of hydrogen-bond acceptors (Lipinski definition) is 3. The molecule has 1 aliphatic rings. The lowest BCUT2D eigenvalue weighted by Gasteiger charge is -2.34. The van der Waals surface area contributed by atoms with Crippen LogP contribution in [-0.2, 0) is 10.0 Å². The molecule has 108 valence electrons. The first-order valence-corrected chi connectivity index (χ1v) is 10.1. The van der Waals surface area contributed by atoms with Gasteiger partial charge in [0.15, 0.2) is 0 Å². The Bertz CT molecular complexity index is 545. The third-order valence-electron chi connectivity index (χ3n) is 3.23. The number of piperidine rings is 1. The van der Waals surface area contributed by atoms with Crippen LogP contribution in [0.1, 0.15) is 25.7 Å². The summed E-state index contributed by atoms with van der Waals surface area (Å²) in [6.07, 6.45) is 3.68. The maximum Gasteiger partial charge on any atom is 0.245 e. The van der Waals surface area contributed by atoms with Crippen molar-refractivity contribution >= 4 is 60.5 Å². The van der Waals surface area contributed by atoms with E-state index in [9.17, 15) is 8.42 Å². The second-order valence-electron chi connectivity index (χ2n) is 4.43. The van der Waals surface area contributed by atoms with Crippen LogP contribution in [0.5, 0.6) is 0 Å². The van der Waals surface area contributed by atoms with Gasteiger partial charge in [-0.15, -0.1) is 11.3 Å². The minimum absolute atomic E-state index is 0.0490. The lowest BCUT2D eigenvalue weighted by molar-refractivity contribution is 0.248. The van der Waals surface area contributed by atoms with Crippen LogP contribution < -0.4 is 0 Å². The molecule has 0 saturated carbocycles. The van der Waals surface area contributed by atoms with E-state index in [1.165, 1.54) is 6.07 Å². The molecular formula is C11H14BrCl2NO2S2. The van der Waals surface area contributed by atoms with Gasteiger partial charge >= 0.3 is 0 Å². The summed E-state index contributed by atoms with van der Waals surface area (Å²) in [7, 11) is -3.54. The SMILES string of the molecule is O=S(=O)(c1cc(Cl)sc1Cl)N1CCCCC1CCBr. The van der Waals surface area contributed by atoms with E-state index in [2.05, 4.69) is 15.9 Å². The van der Waals surface area contributed by atoms with Crippen molar-refractivity contribution in [2.45, 2.75) is 36.6 Å². The monoisotopic (exact) mass is 405 g/mol. The topological polar surface area (TPSA) is 37.4 Å². The van der Waals surface area contributed by atoms with E-state index >= 15 is 0 Å². The summed E-state index contributed by atoms with van der Waals surface area (Å²) in [5, 5.41) is 0.793. The fourth-order valence-electron chi connectivity index (χ4n) is 2.33. The fraction of sp³-hybridized carbons (Fsp3) is 0.636. The normalized spacial score (nSPS) is 21.7. The van der Waals surface area contributed by atoms with Gasteiger partial charge in [-0.3, -0.25) is 0 Å². The number of alkyl halides is 1. The molecule has 0 aromatic carbocycles. The maximum absolute atomic E-state index is 12.7. The largest absolute Gasteiger partial charge is 0.245 e. The van der Waals surface area contributed by atoms with Gasteiger partial charge in [0.05, 0.1) is 4.34 Å². The average Bonchev–Trinajstić information content (AvgIpc) is 2.70.